The summed E-state index contributed by atoms with van der Waals surface area (Å²) in [6, 6.07) is 14.0. The zero-order chi connectivity index (χ0) is 17.4. The standard InChI is InChI=1S/C20H18N2O2S/c1-12-19(16-10-15(24-3)8-9-17(16)21-12)18-11-25-20(22-18)13-4-6-14(23-2)7-5-13/h4-11,21H,1-3H3. The van der Waals surface area contributed by atoms with Crippen LogP contribution in [0.25, 0.3) is 32.7 Å². The van der Waals surface area contributed by atoms with E-state index in [0.717, 1.165) is 49.9 Å². The zero-order valence-corrected chi connectivity index (χ0v) is 15.1. The lowest BCUT2D eigenvalue weighted by Gasteiger charge is -2.01. The Labute approximate surface area is 150 Å². The number of hydrogen-bond donors (Lipinski definition) is 1. The zero-order valence-electron chi connectivity index (χ0n) is 14.3. The van der Waals surface area contributed by atoms with Crippen molar-refractivity contribution in [2.75, 3.05) is 14.2 Å². The molecule has 2 aromatic heterocycles. The van der Waals surface area contributed by atoms with Crippen LogP contribution in [-0.4, -0.2) is 24.2 Å². The fourth-order valence-electron chi connectivity index (χ4n) is 3.02. The number of thiazole rings is 1. The third-order valence-corrected chi connectivity index (χ3v) is 5.18. The summed E-state index contributed by atoms with van der Waals surface area (Å²) in [4.78, 5) is 8.30. The van der Waals surface area contributed by atoms with Gasteiger partial charge in [0.1, 0.15) is 16.5 Å². The van der Waals surface area contributed by atoms with Gasteiger partial charge in [0.05, 0.1) is 19.9 Å². The summed E-state index contributed by atoms with van der Waals surface area (Å²) < 4.78 is 10.6. The van der Waals surface area contributed by atoms with Crippen LogP contribution in [0, 0.1) is 6.92 Å². The molecule has 0 aliphatic carbocycles. The molecule has 4 nitrogen and oxygen atoms in total. The Kier molecular flexibility index (Phi) is 3.93. The number of nitrogens with one attached hydrogen (secondary N) is 1. The van der Waals surface area contributed by atoms with Gasteiger partial charge < -0.3 is 14.5 Å². The van der Waals surface area contributed by atoms with Crippen molar-refractivity contribution in [1.82, 2.24) is 9.97 Å². The molecule has 0 bridgehead atoms. The molecule has 0 unspecified atom stereocenters. The Morgan fingerprint density at radius 2 is 1.68 bits per heavy atom. The van der Waals surface area contributed by atoms with Crippen LogP contribution >= 0.6 is 11.3 Å². The Morgan fingerprint density at radius 3 is 2.40 bits per heavy atom. The summed E-state index contributed by atoms with van der Waals surface area (Å²) in [7, 11) is 3.36. The van der Waals surface area contributed by atoms with Crippen molar-refractivity contribution in [3.05, 3.63) is 53.5 Å². The van der Waals surface area contributed by atoms with Crippen molar-refractivity contribution >= 4 is 22.2 Å². The molecule has 0 aliphatic rings. The van der Waals surface area contributed by atoms with Gasteiger partial charge in [-0.05, 0) is 49.4 Å². The van der Waals surface area contributed by atoms with Crippen molar-refractivity contribution in [3.63, 3.8) is 0 Å². The quantitative estimate of drug-likeness (QED) is 0.544. The molecule has 0 saturated carbocycles. The first-order valence-electron chi connectivity index (χ1n) is 7.96. The molecule has 4 aromatic rings. The van der Waals surface area contributed by atoms with E-state index in [2.05, 4.69) is 23.4 Å². The summed E-state index contributed by atoms with van der Waals surface area (Å²) in [6.07, 6.45) is 0. The molecule has 0 atom stereocenters. The number of rotatable bonds is 4. The molecule has 2 aromatic carbocycles. The Morgan fingerprint density at radius 1 is 0.960 bits per heavy atom. The van der Waals surface area contributed by atoms with E-state index in [9.17, 15) is 0 Å². The maximum Gasteiger partial charge on any atom is 0.124 e. The largest absolute Gasteiger partial charge is 0.497 e. The first kappa shape index (κ1) is 15.7. The van der Waals surface area contributed by atoms with Crippen LogP contribution in [0.2, 0.25) is 0 Å². The molecule has 0 amide bonds. The molecule has 25 heavy (non-hydrogen) atoms. The number of methoxy groups -OCH3 is 2. The van der Waals surface area contributed by atoms with Crippen molar-refractivity contribution in [3.8, 4) is 33.3 Å². The van der Waals surface area contributed by atoms with Crippen molar-refractivity contribution < 1.29 is 9.47 Å². The van der Waals surface area contributed by atoms with Crippen molar-refractivity contribution in [2.45, 2.75) is 6.92 Å². The van der Waals surface area contributed by atoms with Gasteiger partial charge in [0, 0.05) is 33.1 Å². The van der Waals surface area contributed by atoms with Crippen LogP contribution in [0.5, 0.6) is 11.5 Å². The van der Waals surface area contributed by atoms with Gasteiger partial charge >= 0.3 is 0 Å². The fourth-order valence-corrected chi connectivity index (χ4v) is 3.83. The van der Waals surface area contributed by atoms with E-state index >= 15 is 0 Å². The first-order chi connectivity index (χ1) is 12.2. The average molecular weight is 350 g/mol. The second-order valence-corrected chi connectivity index (χ2v) is 6.66. The van der Waals surface area contributed by atoms with Crippen LogP contribution < -0.4 is 9.47 Å². The summed E-state index contributed by atoms with van der Waals surface area (Å²) in [5.74, 6) is 1.69. The number of ether oxygens (including phenoxy) is 2. The molecule has 0 spiro atoms. The van der Waals surface area contributed by atoms with Gasteiger partial charge in [0.2, 0.25) is 0 Å². The molecule has 126 valence electrons. The summed E-state index contributed by atoms with van der Waals surface area (Å²) in [5, 5.41) is 4.23. The molecule has 0 radical (unpaired) electrons. The van der Waals surface area contributed by atoms with Crippen molar-refractivity contribution in [1.29, 1.82) is 0 Å². The molecule has 2 heterocycles. The van der Waals surface area contributed by atoms with Crippen LogP contribution in [-0.2, 0) is 0 Å². The first-order valence-corrected chi connectivity index (χ1v) is 8.84. The van der Waals surface area contributed by atoms with Gasteiger partial charge in [0.15, 0.2) is 0 Å². The Balaban J connectivity index is 1.79. The molecule has 0 fully saturated rings. The molecular weight excluding hydrogens is 332 g/mol. The lowest BCUT2D eigenvalue weighted by molar-refractivity contribution is 0.415. The van der Waals surface area contributed by atoms with Gasteiger partial charge in [-0.25, -0.2) is 4.98 Å². The van der Waals surface area contributed by atoms with Crippen LogP contribution in [0.15, 0.2) is 47.8 Å². The number of benzene rings is 2. The third-order valence-electron chi connectivity index (χ3n) is 4.29. The normalized spacial score (nSPS) is 11.0. The van der Waals surface area contributed by atoms with E-state index in [4.69, 9.17) is 14.5 Å². The van der Waals surface area contributed by atoms with Crippen LogP contribution in [0.1, 0.15) is 5.69 Å². The van der Waals surface area contributed by atoms with Gasteiger partial charge in [-0.1, -0.05) is 0 Å². The maximum atomic E-state index is 5.38. The topological polar surface area (TPSA) is 47.1 Å². The summed E-state index contributed by atoms with van der Waals surface area (Å²) in [6.45, 7) is 2.08. The Hall–Kier alpha value is -2.79. The third kappa shape index (κ3) is 2.76. The second kappa shape index (κ2) is 6.26. The molecular formula is C20H18N2O2S. The number of aryl methyl sites for hydroxylation is 1. The highest BCUT2D eigenvalue weighted by Crippen LogP contribution is 2.36. The van der Waals surface area contributed by atoms with Crippen LogP contribution in [0.4, 0.5) is 0 Å². The molecule has 4 rings (SSSR count). The van der Waals surface area contributed by atoms with Gasteiger partial charge in [0.25, 0.3) is 0 Å². The summed E-state index contributed by atoms with van der Waals surface area (Å²) >= 11 is 1.64. The average Bonchev–Trinajstić information content (AvgIpc) is 3.24. The minimum Gasteiger partial charge on any atom is -0.497 e. The fraction of sp³-hybridized carbons (Fsp3) is 0.150. The lowest BCUT2D eigenvalue weighted by Crippen LogP contribution is -1.84. The molecule has 0 saturated heterocycles. The van der Waals surface area contributed by atoms with E-state index in [1.165, 1.54) is 0 Å². The van der Waals surface area contributed by atoms with Crippen LogP contribution in [0.3, 0.4) is 0 Å². The summed E-state index contributed by atoms with van der Waals surface area (Å²) in [5.41, 5.74) is 5.40. The predicted molar refractivity (Wildman–Crippen MR) is 103 cm³/mol. The van der Waals surface area contributed by atoms with E-state index in [-0.39, 0.29) is 0 Å². The number of H-pyrrole nitrogens is 1. The number of hydrogen-bond acceptors (Lipinski definition) is 4. The minimum absolute atomic E-state index is 0.846. The monoisotopic (exact) mass is 350 g/mol. The smallest absolute Gasteiger partial charge is 0.124 e. The number of fused-ring (bicyclic) bond motifs is 1. The van der Waals surface area contributed by atoms with Gasteiger partial charge in [-0.3, -0.25) is 0 Å². The van der Waals surface area contributed by atoms with Crippen molar-refractivity contribution in [2.24, 2.45) is 0 Å². The minimum atomic E-state index is 0.846. The Bertz CT molecular complexity index is 1030. The van der Waals surface area contributed by atoms with E-state index < -0.39 is 0 Å². The molecule has 0 aliphatic heterocycles. The highest BCUT2D eigenvalue weighted by atomic mass is 32.1. The maximum absolute atomic E-state index is 5.38. The molecule has 1 N–H and O–H groups in total. The second-order valence-electron chi connectivity index (χ2n) is 5.80. The van der Waals surface area contributed by atoms with E-state index in [1.54, 1.807) is 25.6 Å². The highest BCUT2D eigenvalue weighted by molar-refractivity contribution is 7.13. The van der Waals surface area contributed by atoms with E-state index in [0.29, 0.717) is 0 Å². The van der Waals surface area contributed by atoms with Gasteiger partial charge in [-0.2, -0.15) is 0 Å². The SMILES string of the molecule is COc1ccc(-c2nc(-c3c(C)[nH]c4ccc(OC)cc34)cs2)cc1. The van der Waals surface area contributed by atoms with E-state index in [1.807, 2.05) is 36.4 Å². The van der Waals surface area contributed by atoms with Gasteiger partial charge in [-0.15, -0.1) is 11.3 Å². The number of aromatic amines is 1. The highest BCUT2D eigenvalue weighted by Gasteiger charge is 2.15. The number of nitrogens with zero attached hydrogens (tertiary/aromatic N) is 1. The molecule has 5 heteroatoms. The lowest BCUT2D eigenvalue weighted by atomic mass is 10.1. The number of aromatic nitrogens is 2. The predicted octanol–water partition coefficient (Wildman–Crippen LogP) is 5.28.